The van der Waals surface area contributed by atoms with Crippen LogP contribution in [0.1, 0.15) is 23.2 Å². The number of benzene rings is 3. The summed E-state index contributed by atoms with van der Waals surface area (Å²) >= 11 is 0. The Morgan fingerprint density at radius 2 is 1.69 bits per heavy atom. The summed E-state index contributed by atoms with van der Waals surface area (Å²) < 4.78 is 5.95. The molecule has 32 heavy (non-hydrogen) atoms. The summed E-state index contributed by atoms with van der Waals surface area (Å²) in [5.74, 6) is 0.905. The minimum atomic E-state index is -0.259. The molecule has 1 aliphatic heterocycles. The van der Waals surface area contributed by atoms with Crippen molar-refractivity contribution in [3.05, 3.63) is 90.6 Å². The zero-order chi connectivity index (χ0) is 21.9. The van der Waals surface area contributed by atoms with Crippen LogP contribution >= 0.6 is 0 Å². The topological polar surface area (TPSA) is 75.4 Å². The normalized spacial score (nSPS) is 13.4. The number of aromatic nitrogens is 1. The molecule has 0 bridgehead atoms. The van der Waals surface area contributed by atoms with E-state index in [1.807, 2.05) is 60.7 Å². The van der Waals surface area contributed by atoms with Crippen LogP contribution in [0.2, 0.25) is 0 Å². The lowest BCUT2D eigenvalue weighted by atomic mass is 10.1. The average Bonchev–Trinajstić information content (AvgIpc) is 3.50. The summed E-state index contributed by atoms with van der Waals surface area (Å²) in [4.78, 5) is 31.1. The Labute approximate surface area is 185 Å². The van der Waals surface area contributed by atoms with Crippen LogP contribution in [0.3, 0.4) is 0 Å². The molecule has 1 fully saturated rings. The Bertz CT molecular complexity index is 1260. The fraction of sp³-hybridized carbons (Fsp3) is 0.115. The number of nitrogens with one attached hydrogen (secondary N) is 1. The van der Waals surface area contributed by atoms with Crippen molar-refractivity contribution in [1.29, 1.82) is 0 Å². The lowest BCUT2D eigenvalue weighted by Crippen LogP contribution is -2.23. The fourth-order valence-electron chi connectivity index (χ4n) is 3.85. The van der Waals surface area contributed by atoms with Gasteiger partial charge in [0, 0.05) is 35.5 Å². The van der Waals surface area contributed by atoms with E-state index in [0.29, 0.717) is 34.9 Å². The number of carbonyl (C=O) groups excluding carboxylic acids is 2. The maximum absolute atomic E-state index is 13.0. The zero-order valence-corrected chi connectivity index (χ0v) is 17.3. The van der Waals surface area contributed by atoms with Gasteiger partial charge in [0.2, 0.25) is 11.8 Å². The van der Waals surface area contributed by atoms with Crippen LogP contribution in [0, 0.1) is 0 Å². The quantitative estimate of drug-likeness (QED) is 0.467. The Hall–Kier alpha value is -4.19. The average molecular weight is 423 g/mol. The van der Waals surface area contributed by atoms with Gasteiger partial charge in [-0.05, 0) is 42.8 Å². The molecule has 1 N–H and O–H groups in total. The number of nitrogens with zero attached hydrogens (tertiary/aromatic N) is 2. The van der Waals surface area contributed by atoms with Crippen molar-refractivity contribution in [2.45, 2.75) is 12.8 Å². The van der Waals surface area contributed by atoms with Gasteiger partial charge in [-0.3, -0.25) is 9.59 Å². The molecule has 5 rings (SSSR count). The summed E-state index contributed by atoms with van der Waals surface area (Å²) in [5, 5.41) is 2.92. The summed E-state index contributed by atoms with van der Waals surface area (Å²) in [7, 11) is 0. The van der Waals surface area contributed by atoms with Crippen molar-refractivity contribution in [3.63, 3.8) is 0 Å². The maximum atomic E-state index is 13.0. The van der Waals surface area contributed by atoms with Crippen LogP contribution in [0.4, 0.5) is 11.4 Å². The number of oxazole rings is 1. The smallest absolute Gasteiger partial charge is 0.256 e. The van der Waals surface area contributed by atoms with Crippen LogP contribution in [0.25, 0.3) is 22.8 Å². The van der Waals surface area contributed by atoms with E-state index in [1.165, 1.54) is 0 Å². The molecule has 4 aromatic rings. The van der Waals surface area contributed by atoms with Crippen LogP contribution in [-0.2, 0) is 4.79 Å². The molecule has 0 atom stereocenters. The third kappa shape index (κ3) is 3.90. The first-order chi connectivity index (χ1) is 15.7. The van der Waals surface area contributed by atoms with Crippen LogP contribution in [0.5, 0.6) is 0 Å². The fourth-order valence-corrected chi connectivity index (χ4v) is 3.85. The Balaban J connectivity index is 1.36. The number of amides is 2. The van der Waals surface area contributed by atoms with Gasteiger partial charge < -0.3 is 14.6 Å². The van der Waals surface area contributed by atoms with Crippen molar-refractivity contribution in [2.24, 2.45) is 0 Å². The van der Waals surface area contributed by atoms with E-state index in [9.17, 15) is 9.59 Å². The molecular formula is C26H21N3O3. The minimum absolute atomic E-state index is 0.136. The molecule has 1 aliphatic rings. The first-order valence-electron chi connectivity index (χ1n) is 10.5. The van der Waals surface area contributed by atoms with Gasteiger partial charge >= 0.3 is 0 Å². The molecular weight excluding hydrogens is 402 g/mol. The van der Waals surface area contributed by atoms with Crippen LogP contribution < -0.4 is 10.2 Å². The second-order valence-corrected chi connectivity index (χ2v) is 7.59. The first kappa shape index (κ1) is 19.8. The molecule has 1 aromatic heterocycles. The van der Waals surface area contributed by atoms with Crippen molar-refractivity contribution in [1.82, 2.24) is 4.98 Å². The first-order valence-corrected chi connectivity index (χ1v) is 10.5. The summed E-state index contributed by atoms with van der Waals surface area (Å²) in [5.41, 5.74) is 3.50. The van der Waals surface area contributed by atoms with Crippen molar-refractivity contribution in [2.75, 3.05) is 16.8 Å². The highest BCUT2D eigenvalue weighted by atomic mass is 16.4. The highest BCUT2D eigenvalue weighted by Gasteiger charge is 2.22. The highest BCUT2D eigenvalue weighted by molar-refractivity contribution is 6.08. The second-order valence-electron chi connectivity index (χ2n) is 7.59. The third-order valence-corrected chi connectivity index (χ3v) is 5.48. The SMILES string of the molecule is O=C(Nc1ccc(N2CCCC2=O)cc1)c1ccccc1-c1ncc(-c2ccccc2)o1. The van der Waals surface area contributed by atoms with Gasteiger partial charge in [0.1, 0.15) is 0 Å². The van der Waals surface area contributed by atoms with Gasteiger partial charge in [0.05, 0.1) is 11.8 Å². The lowest BCUT2D eigenvalue weighted by molar-refractivity contribution is -0.117. The molecule has 2 amide bonds. The van der Waals surface area contributed by atoms with Gasteiger partial charge in [-0.2, -0.15) is 0 Å². The molecule has 6 heteroatoms. The largest absolute Gasteiger partial charge is 0.436 e. The van der Waals surface area contributed by atoms with Gasteiger partial charge in [-0.1, -0.05) is 42.5 Å². The Morgan fingerprint density at radius 1 is 0.938 bits per heavy atom. The third-order valence-electron chi connectivity index (χ3n) is 5.48. The summed E-state index contributed by atoms with van der Waals surface area (Å²) in [6.07, 6.45) is 3.13. The molecule has 2 heterocycles. The second kappa shape index (κ2) is 8.51. The number of anilines is 2. The lowest BCUT2D eigenvalue weighted by Gasteiger charge is -2.16. The molecule has 6 nitrogen and oxygen atoms in total. The monoisotopic (exact) mass is 423 g/mol. The molecule has 0 spiro atoms. The van der Waals surface area contributed by atoms with E-state index in [-0.39, 0.29) is 11.8 Å². The van der Waals surface area contributed by atoms with Crippen LogP contribution in [-0.4, -0.2) is 23.3 Å². The van der Waals surface area contributed by atoms with Crippen molar-refractivity contribution in [3.8, 4) is 22.8 Å². The molecule has 3 aromatic carbocycles. The van der Waals surface area contributed by atoms with E-state index in [1.54, 1.807) is 29.3 Å². The molecule has 0 unspecified atom stereocenters. The summed E-state index contributed by atoms with van der Waals surface area (Å²) in [6.45, 7) is 0.735. The highest BCUT2D eigenvalue weighted by Crippen LogP contribution is 2.29. The van der Waals surface area contributed by atoms with E-state index >= 15 is 0 Å². The molecule has 0 aliphatic carbocycles. The van der Waals surface area contributed by atoms with Gasteiger partial charge in [0.15, 0.2) is 5.76 Å². The van der Waals surface area contributed by atoms with Crippen LogP contribution in [0.15, 0.2) is 89.5 Å². The van der Waals surface area contributed by atoms with Gasteiger partial charge in [-0.25, -0.2) is 4.98 Å². The predicted molar refractivity (Wildman–Crippen MR) is 123 cm³/mol. The number of rotatable bonds is 5. The van der Waals surface area contributed by atoms with Gasteiger partial charge in [0.25, 0.3) is 5.91 Å². The standard InChI is InChI=1S/C26H21N3O3/c30-24-11-6-16-29(24)20-14-12-19(13-15-20)28-25(31)21-9-4-5-10-22(21)26-27-17-23(32-26)18-7-2-1-3-8-18/h1-5,7-10,12-15,17H,6,11,16H2,(H,28,31). The summed E-state index contributed by atoms with van der Waals surface area (Å²) in [6, 6.07) is 24.2. The van der Waals surface area contributed by atoms with Gasteiger partial charge in [-0.15, -0.1) is 0 Å². The van der Waals surface area contributed by atoms with Crippen molar-refractivity contribution < 1.29 is 14.0 Å². The predicted octanol–water partition coefficient (Wildman–Crippen LogP) is 5.39. The molecule has 1 saturated heterocycles. The van der Waals surface area contributed by atoms with E-state index in [2.05, 4.69) is 10.3 Å². The Morgan fingerprint density at radius 3 is 2.44 bits per heavy atom. The molecule has 0 saturated carbocycles. The maximum Gasteiger partial charge on any atom is 0.256 e. The Kier molecular flexibility index (Phi) is 5.25. The van der Waals surface area contributed by atoms with E-state index in [0.717, 1.165) is 24.2 Å². The number of hydrogen-bond acceptors (Lipinski definition) is 4. The molecule has 158 valence electrons. The number of hydrogen-bond donors (Lipinski definition) is 1. The van der Waals surface area contributed by atoms with E-state index < -0.39 is 0 Å². The van der Waals surface area contributed by atoms with Crippen molar-refractivity contribution >= 4 is 23.2 Å². The minimum Gasteiger partial charge on any atom is -0.436 e. The zero-order valence-electron chi connectivity index (χ0n) is 17.3. The molecule has 0 radical (unpaired) electrons. The number of carbonyl (C=O) groups is 2. The van der Waals surface area contributed by atoms with E-state index in [4.69, 9.17) is 4.42 Å².